The molecule has 2 saturated heterocycles. The molecule has 0 aromatic rings. The van der Waals surface area contributed by atoms with Crippen LogP contribution in [0.1, 0.15) is 32.1 Å². The first-order chi connectivity index (χ1) is 17.6. The Morgan fingerprint density at radius 3 is 1.57 bits per heavy atom. The van der Waals surface area contributed by atoms with Gasteiger partial charge in [-0.15, -0.1) is 0 Å². The van der Waals surface area contributed by atoms with Crippen molar-refractivity contribution >= 4 is 93.3 Å². The van der Waals surface area contributed by atoms with E-state index in [9.17, 15) is 24.0 Å². The Morgan fingerprint density at radius 1 is 0.757 bits per heavy atom. The number of hydrogen-bond acceptors (Lipinski definition) is 6. The molecule has 0 unspecified atom stereocenters. The number of amides is 4. The second kappa shape index (κ2) is 9.65. The van der Waals surface area contributed by atoms with Crippen molar-refractivity contribution in [2.24, 2.45) is 47.3 Å². The molecule has 6 rings (SSSR count). The maximum atomic E-state index is 13.4. The molecule has 4 bridgehead atoms. The highest BCUT2D eigenvalue weighted by atomic mass is 79.9. The van der Waals surface area contributed by atoms with Crippen molar-refractivity contribution in [3.8, 4) is 0 Å². The van der Waals surface area contributed by atoms with Crippen LogP contribution in [0.25, 0.3) is 0 Å². The fraction of sp³-hybridized carbons (Fsp3) is 0.800. The first-order valence-electron chi connectivity index (χ1n) is 13.0. The van der Waals surface area contributed by atoms with Crippen LogP contribution in [-0.4, -0.2) is 78.4 Å². The number of likely N-dealkylation sites (tertiary alicyclic amines) is 2. The van der Waals surface area contributed by atoms with Gasteiger partial charge in [0.15, 0.2) is 0 Å². The van der Waals surface area contributed by atoms with Crippen molar-refractivity contribution in [2.45, 2.75) is 57.5 Å². The van der Waals surface area contributed by atoms with Gasteiger partial charge in [-0.2, -0.15) is 0 Å². The third-order valence-corrected chi connectivity index (χ3v) is 16.4. The molecule has 0 aromatic carbocycles. The number of rotatable bonds is 7. The molecule has 0 aromatic heterocycles. The number of hydrogen-bond donors (Lipinski definition) is 0. The van der Waals surface area contributed by atoms with E-state index >= 15 is 0 Å². The third-order valence-electron chi connectivity index (χ3n) is 9.99. The zero-order valence-electron chi connectivity index (χ0n) is 20.1. The van der Waals surface area contributed by atoms with E-state index in [4.69, 9.17) is 4.74 Å². The molecule has 6 fully saturated rings. The largest absolute Gasteiger partial charge is 0.467 e. The van der Waals surface area contributed by atoms with Crippen LogP contribution in [0.15, 0.2) is 0 Å². The molecule has 4 amide bonds. The molecule has 37 heavy (non-hydrogen) atoms. The van der Waals surface area contributed by atoms with Crippen molar-refractivity contribution in [3.63, 3.8) is 0 Å². The van der Waals surface area contributed by atoms with Crippen LogP contribution in [0.5, 0.6) is 0 Å². The Balaban J connectivity index is 1.10. The smallest absolute Gasteiger partial charge is 0.329 e. The van der Waals surface area contributed by atoms with Crippen LogP contribution in [0.2, 0.25) is 0 Å². The third kappa shape index (κ3) is 3.69. The van der Waals surface area contributed by atoms with Crippen molar-refractivity contribution in [3.05, 3.63) is 0 Å². The first kappa shape index (κ1) is 26.9. The number of esters is 1. The van der Waals surface area contributed by atoms with Gasteiger partial charge in [-0.1, -0.05) is 63.7 Å². The summed E-state index contributed by atoms with van der Waals surface area (Å²) >= 11 is 14.8. The Kier molecular flexibility index (Phi) is 7.01. The van der Waals surface area contributed by atoms with Crippen LogP contribution in [0, 0.1) is 47.3 Å². The number of methoxy groups -OCH3 is 1. The molecule has 12 heteroatoms. The van der Waals surface area contributed by atoms with Gasteiger partial charge in [-0.3, -0.25) is 29.0 Å². The SMILES string of the molecule is COC(=O)[C@H](CCCCN1C(=O)[C@@H]2[C@H]3C[C@@H]([C@H](Br)[C@@H]3Br)[C@@H]2C1=O)N1C(=O)[C@@H]2[C@H]3C[C@@H]([C@H](Br)[C@H]3Br)[C@@H]2C1=O. The Hall–Kier alpha value is -0.330. The molecule has 4 saturated carbocycles. The second-order valence-corrected chi connectivity index (χ2v) is 15.6. The lowest BCUT2D eigenvalue weighted by Crippen LogP contribution is -2.47. The predicted molar refractivity (Wildman–Crippen MR) is 146 cm³/mol. The summed E-state index contributed by atoms with van der Waals surface area (Å²) in [5.74, 6) is -2.13. The monoisotopic (exact) mass is 768 g/mol. The van der Waals surface area contributed by atoms with Crippen LogP contribution < -0.4 is 0 Å². The molecule has 2 aliphatic heterocycles. The molecular formula is C25H28Br4N2O6. The van der Waals surface area contributed by atoms with E-state index in [-0.39, 0.29) is 91.4 Å². The van der Waals surface area contributed by atoms with Crippen LogP contribution in [0.3, 0.4) is 0 Å². The fourth-order valence-electron chi connectivity index (χ4n) is 8.41. The number of halogens is 4. The summed E-state index contributed by atoms with van der Waals surface area (Å²) in [6.07, 6.45) is 2.93. The zero-order chi connectivity index (χ0) is 26.5. The molecule has 0 N–H and O–H groups in total. The minimum Gasteiger partial charge on any atom is -0.467 e. The van der Waals surface area contributed by atoms with E-state index in [0.29, 0.717) is 12.8 Å². The van der Waals surface area contributed by atoms with Crippen molar-refractivity contribution in [1.29, 1.82) is 0 Å². The number of carbonyl (C=O) groups is 5. The van der Waals surface area contributed by atoms with Gasteiger partial charge in [-0.25, -0.2) is 4.79 Å². The van der Waals surface area contributed by atoms with Gasteiger partial charge in [0.05, 0.1) is 30.8 Å². The van der Waals surface area contributed by atoms with E-state index < -0.39 is 23.8 Å². The average Bonchev–Trinajstić information content (AvgIpc) is 3.68. The molecule has 13 atom stereocenters. The minimum absolute atomic E-state index is 0.0688. The van der Waals surface area contributed by atoms with Gasteiger partial charge in [0.2, 0.25) is 23.6 Å². The standard InChI is InChI=1S/C25H28Br4N2O6/c1-37-25(36)12(31-23(34)15-10-7-11(16(15)24(31)35)20(29)19(10)28)4-2-3-5-30-21(32)13-8-6-9(14(13)22(30)33)18(27)17(8)26/h8-20H,2-7H2,1H3/t8-,9-,10-,11-,12+,13-,14+,15-,16+,17-,18+,19+,20+/m1/s1. The highest BCUT2D eigenvalue weighted by Crippen LogP contribution is 2.61. The molecule has 0 radical (unpaired) electrons. The summed E-state index contributed by atoms with van der Waals surface area (Å²) < 4.78 is 4.99. The van der Waals surface area contributed by atoms with Gasteiger partial charge in [0, 0.05) is 25.9 Å². The number of fused-ring (bicyclic) bond motifs is 10. The summed E-state index contributed by atoms with van der Waals surface area (Å²) in [6, 6.07) is -0.985. The van der Waals surface area contributed by atoms with Crippen molar-refractivity contribution in [1.82, 2.24) is 9.80 Å². The Morgan fingerprint density at radius 2 is 1.16 bits per heavy atom. The van der Waals surface area contributed by atoms with E-state index in [1.807, 2.05) is 0 Å². The number of imide groups is 2. The van der Waals surface area contributed by atoms with E-state index in [1.54, 1.807) is 0 Å². The quantitative estimate of drug-likeness (QED) is 0.171. The summed E-state index contributed by atoms with van der Waals surface area (Å²) in [6.45, 7) is 0.283. The Bertz CT molecular complexity index is 1010. The van der Waals surface area contributed by atoms with Gasteiger partial charge >= 0.3 is 5.97 Å². The highest BCUT2D eigenvalue weighted by molar-refractivity contribution is 9.12. The number of carbonyl (C=O) groups excluding carboxylic acids is 5. The lowest BCUT2D eigenvalue weighted by molar-refractivity contribution is -0.157. The van der Waals surface area contributed by atoms with E-state index in [1.165, 1.54) is 12.0 Å². The maximum Gasteiger partial charge on any atom is 0.329 e. The van der Waals surface area contributed by atoms with Crippen LogP contribution in [0.4, 0.5) is 0 Å². The molecule has 8 nitrogen and oxygen atoms in total. The molecule has 202 valence electrons. The number of ether oxygens (including phenoxy) is 1. The minimum atomic E-state index is -0.985. The summed E-state index contributed by atoms with van der Waals surface area (Å²) in [7, 11) is 1.26. The van der Waals surface area contributed by atoms with Gasteiger partial charge in [0.1, 0.15) is 6.04 Å². The van der Waals surface area contributed by atoms with Crippen LogP contribution >= 0.6 is 63.7 Å². The number of nitrogens with zero attached hydrogens (tertiary/aromatic N) is 2. The number of alkyl halides is 4. The summed E-state index contributed by atoms with van der Waals surface area (Å²) in [5.41, 5.74) is 0. The van der Waals surface area contributed by atoms with E-state index in [0.717, 1.165) is 17.7 Å². The van der Waals surface area contributed by atoms with Gasteiger partial charge in [0.25, 0.3) is 0 Å². The number of unbranched alkanes of at least 4 members (excludes halogenated alkanes) is 1. The molecular weight excluding hydrogens is 744 g/mol. The van der Waals surface area contributed by atoms with Gasteiger partial charge < -0.3 is 4.74 Å². The zero-order valence-corrected chi connectivity index (χ0v) is 26.4. The highest BCUT2D eigenvalue weighted by Gasteiger charge is 2.68. The second-order valence-electron chi connectivity index (χ2n) is 11.4. The maximum absolute atomic E-state index is 13.4. The fourth-order valence-corrected chi connectivity index (χ4v) is 12.2. The topological polar surface area (TPSA) is 101 Å². The predicted octanol–water partition coefficient (Wildman–Crippen LogP) is 3.25. The Labute approximate surface area is 248 Å². The molecule has 4 aliphatic carbocycles. The molecule has 2 heterocycles. The van der Waals surface area contributed by atoms with Crippen LogP contribution in [-0.2, 0) is 28.7 Å². The van der Waals surface area contributed by atoms with E-state index in [2.05, 4.69) is 63.7 Å². The lowest BCUT2D eigenvalue weighted by Gasteiger charge is -2.28. The summed E-state index contributed by atoms with van der Waals surface area (Å²) in [5, 5.41) is 0. The lowest BCUT2D eigenvalue weighted by atomic mass is 9.81. The van der Waals surface area contributed by atoms with Crippen molar-refractivity contribution < 1.29 is 28.7 Å². The van der Waals surface area contributed by atoms with Gasteiger partial charge in [-0.05, 0) is 55.8 Å². The molecule has 6 aliphatic rings. The summed E-state index contributed by atoms with van der Waals surface area (Å²) in [4.78, 5) is 69.0. The van der Waals surface area contributed by atoms with Crippen molar-refractivity contribution in [2.75, 3.05) is 13.7 Å². The average molecular weight is 772 g/mol. The molecule has 0 spiro atoms. The normalized spacial score (nSPS) is 46.3. The first-order valence-corrected chi connectivity index (χ1v) is 16.6.